The van der Waals surface area contributed by atoms with Crippen molar-refractivity contribution in [3.63, 3.8) is 0 Å². The number of nitrogens with zero attached hydrogens (tertiary/aromatic N) is 1. The van der Waals surface area contributed by atoms with Crippen LogP contribution in [-0.4, -0.2) is 22.1 Å². The summed E-state index contributed by atoms with van der Waals surface area (Å²) in [6.07, 6.45) is 3.32. The molecule has 2 rings (SSSR count). The first-order valence-electron chi connectivity index (χ1n) is 6.15. The average Bonchev–Trinajstić information content (AvgIpc) is 3.04. The summed E-state index contributed by atoms with van der Waals surface area (Å²) in [6.45, 7) is 2.54. The second-order valence-corrected chi connectivity index (χ2v) is 6.23. The molecule has 2 aromatic heterocycles. The molecule has 0 saturated heterocycles. The van der Waals surface area contributed by atoms with Crippen LogP contribution in [0.15, 0.2) is 23.7 Å². The second-order valence-electron chi connectivity index (χ2n) is 4.17. The zero-order chi connectivity index (χ0) is 13.7. The van der Waals surface area contributed by atoms with Crippen LogP contribution in [-0.2, 0) is 11.3 Å². The fraction of sp³-hybridized carbons (Fsp3) is 0.385. The van der Waals surface area contributed by atoms with Gasteiger partial charge in [0.2, 0.25) is 0 Å². The molecule has 1 unspecified atom stereocenters. The molecule has 1 atom stereocenters. The Labute approximate surface area is 120 Å². The monoisotopic (exact) mass is 296 g/mol. The van der Waals surface area contributed by atoms with Crippen molar-refractivity contribution < 1.29 is 9.90 Å². The summed E-state index contributed by atoms with van der Waals surface area (Å²) < 4.78 is 0. The van der Waals surface area contributed by atoms with E-state index in [9.17, 15) is 4.79 Å². The van der Waals surface area contributed by atoms with E-state index in [1.165, 1.54) is 0 Å². The molecule has 0 radical (unpaired) electrons. The number of thiazole rings is 1. The average molecular weight is 296 g/mol. The molecule has 0 amide bonds. The van der Waals surface area contributed by atoms with Gasteiger partial charge in [-0.25, -0.2) is 4.98 Å². The van der Waals surface area contributed by atoms with E-state index in [0.29, 0.717) is 13.0 Å². The third-order valence-electron chi connectivity index (χ3n) is 2.68. The Kier molecular flexibility index (Phi) is 5.07. The van der Waals surface area contributed by atoms with Crippen LogP contribution in [0.3, 0.4) is 0 Å². The zero-order valence-electron chi connectivity index (χ0n) is 10.6. The molecule has 2 heterocycles. The van der Waals surface area contributed by atoms with Crippen LogP contribution in [0.1, 0.15) is 24.6 Å². The molecular weight excluding hydrogens is 280 g/mol. The highest BCUT2D eigenvalue weighted by Gasteiger charge is 2.15. The van der Waals surface area contributed by atoms with Gasteiger partial charge in [0.25, 0.3) is 0 Å². The van der Waals surface area contributed by atoms with Crippen LogP contribution < -0.4 is 5.32 Å². The number of carbonyl (C=O) groups is 1. The first kappa shape index (κ1) is 14.2. The molecule has 4 nitrogen and oxygen atoms in total. The van der Waals surface area contributed by atoms with Crippen molar-refractivity contribution in [2.75, 3.05) is 0 Å². The highest BCUT2D eigenvalue weighted by molar-refractivity contribution is 7.20. The van der Waals surface area contributed by atoms with Gasteiger partial charge in [0.05, 0.1) is 4.88 Å². The fourth-order valence-corrected chi connectivity index (χ4v) is 3.40. The van der Waals surface area contributed by atoms with E-state index in [-0.39, 0.29) is 0 Å². The Balaban J connectivity index is 1.95. The number of aromatic nitrogens is 1. The third kappa shape index (κ3) is 3.86. The van der Waals surface area contributed by atoms with Crippen molar-refractivity contribution in [1.29, 1.82) is 0 Å². The molecule has 2 aromatic rings. The van der Waals surface area contributed by atoms with Gasteiger partial charge in [-0.3, -0.25) is 10.1 Å². The molecule has 0 aliphatic heterocycles. The number of hydrogen-bond donors (Lipinski definition) is 2. The molecule has 0 fully saturated rings. The SMILES string of the molecule is CCCC(NCc1cnc(-c2cccs2)s1)C(=O)O. The van der Waals surface area contributed by atoms with Crippen molar-refractivity contribution >= 4 is 28.6 Å². The molecule has 0 bridgehead atoms. The summed E-state index contributed by atoms with van der Waals surface area (Å²) in [5.74, 6) is -0.787. The number of thiophene rings is 1. The third-order valence-corrected chi connectivity index (χ3v) is 4.72. The molecule has 6 heteroatoms. The number of rotatable bonds is 7. The maximum Gasteiger partial charge on any atom is 0.320 e. The minimum Gasteiger partial charge on any atom is -0.480 e. The van der Waals surface area contributed by atoms with Crippen molar-refractivity contribution in [3.8, 4) is 9.88 Å². The van der Waals surface area contributed by atoms with Crippen molar-refractivity contribution in [1.82, 2.24) is 10.3 Å². The number of hydrogen-bond acceptors (Lipinski definition) is 5. The van der Waals surface area contributed by atoms with Crippen molar-refractivity contribution in [2.24, 2.45) is 0 Å². The number of carboxylic acids is 1. The number of nitrogens with one attached hydrogen (secondary N) is 1. The van der Waals surface area contributed by atoms with E-state index in [2.05, 4.69) is 10.3 Å². The minimum atomic E-state index is -0.787. The van der Waals surface area contributed by atoms with Gasteiger partial charge in [-0.2, -0.15) is 0 Å². The molecule has 102 valence electrons. The Morgan fingerprint density at radius 3 is 3.05 bits per heavy atom. The predicted molar refractivity (Wildman–Crippen MR) is 78.6 cm³/mol. The number of aliphatic carboxylic acids is 1. The van der Waals surface area contributed by atoms with Crippen molar-refractivity contribution in [3.05, 3.63) is 28.6 Å². The van der Waals surface area contributed by atoms with Gasteiger partial charge in [-0.1, -0.05) is 19.4 Å². The second kappa shape index (κ2) is 6.79. The van der Waals surface area contributed by atoms with E-state index in [1.54, 1.807) is 22.7 Å². The lowest BCUT2D eigenvalue weighted by molar-refractivity contribution is -0.139. The zero-order valence-corrected chi connectivity index (χ0v) is 12.3. The van der Waals surface area contributed by atoms with E-state index in [0.717, 1.165) is 21.2 Å². The van der Waals surface area contributed by atoms with E-state index >= 15 is 0 Å². The van der Waals surface area contributed by atoms with Crippen LogP contribution in [0.25, 0.3) is 9.88 Å². The molecule has 19 heavy (non-hydrogen) atoms. The predicted octanol–water partition coefficient (Wildman–Crippen LogP) is 3.21. The molecule has 0 spiro atoms. The van der Waals surface area contributed by atoms with Gasteiger partial charge < -0.3 is 5.11 Å². The molecule has 0 saturated carbocycles. The lowest BCUT2D eigenvalue weighted by Gasteiger charge is -2.11. The Morgan fingerprint density at radius 1 is 1.58 bits per heavy atom. The normalized spacial score (nSPS) is 12.5. The Hall–Kier alpha value is -1.24. The summed E-state index contributed by atoms with van der Waals surface area (Å²) in [6, 6.07) is 3.57. The topological polar surface area (TPSA) is 62.2 Å². The van der Waals surface area contributed by atoms with Crippen LogP contribution in [0.4, 0.5) is 0 Å². The maximum absolute atomic E-state index is 11.0. The van der Waals surface area contributed by atoms with Crippen LogP contribution in [0.2, 0.25) is 0 Å². The van der Waals surface area contributed by atoms with Crippen LogP contribution >= 0.6 is 22.7 Å². The standard InChI is InChI=1S/C13H16N2O2S2/c1-2-4-10(13(16)17)14-7-9-8-15-12(19-9)11-5-3-6-18-11/h3,5-6,8,10,14H,2,4,7H2,1H3,(H,16,17). The summed E-state index contributed by atoms with van der Waals surface area (Å²) in [5.41, 5.74) is 0. The molecule has 2 N–H and O–H groups in total. The van der Waals surface area contributed by atoms with Crippen LogP contribution in [0.5, 0.6) is 0 Å². The van der Waals surface area contributed by atoms with E-state index < -0.39 is 12.0 Å². The maximum atomic E-state index is 11.0. The Morgan fingerprint density at radius 2 is 2.42 bits per heavy atom. The molecule has 0 aliphatic carbocycles. The van der Waals surface area contributed by atoms with Gasteiger partial charge in [0.15, 0.2) is 0 Å². The number of carboxylic acid groups (broad SMARTS) is 1. The van der Waals surface area contributed by atoms with E-state index in [1.807, 2.05) is 30.6 Å². The van der Waals surface area contributed by atoms with Gasteiger partial charge in [0.1, 0.15) is 11.0 Å². The lowest BCUT2D eigenvalue weighted by atomic mass is 10.2. The largest absolute Gasteiger partial charge is 0.480 e. The molecule has 0 aromatic carbocycles. The fourth-order valence-electron chi connectivity index (χ4n) is 1.73. The van der Waals surface area contributed by atoms with Gasteiger partial charge in [-0.05, 0) is 17.9 Å². The Bertz CT molecular complexity index is 522. The highest BCUT2D eigenvalue weighted by atomic mass is 32.1. The van der Waals surface area contributed by atoms with Gasteiger partial charge >= 0.3 is 5.97 Å². The van der Waals surface area contributed by atoms with Crippen LogP contribution in [0, 0.1) is 0 Å². The first-order chi connectivity index (χ1) is 9.20. The van der Waals surface area contributed by atoms with Gasteiger partial charge in [0, 0.05) is 17.6 Å². The highest BCUT2D eigenvalue weighted by Crippen LogP contribution is 2.28. The lowest BCUT2D eigenvalue weighted by Crippen LogP contribution is -2.35. The molecular formula is C13H16N2O2S2. The summed E-state index contributed by atoms with van der Waals surface area (Å²) >= 11 is 3.27. The van der Waals surface area contributed by atoms with Gasteiger partial charge in [-0.15, -0.1) is 22.7 Å². The first-order valence-corrected chi connectivity index (χ1v) is 7.85. The summed E-state index contributed by atoms with van der Waals surface area (Å²) in [5, 5.41) is 15.2. The minimum absolute atomic E-state index is 0.475. The summed E-state index contributed by atoms with van der Waals surface area (Å²) in [4.78, 5) is 17.6. The van der Waals surface area contributed by atoms with Crippen molar-refractivity contribution in [2.45, 2.75) is 32.4 Å². The van der Waals surface area contributed by atoms with E-state index in [4.69, 9.17) is 5.11 Å². The molecule has 0 aliphatic rings. The quantitative estimate of drug-likeness (QED) is 0.823. The summed E-state index contributed by atoms with van der Waals surface area (Å²) in [7, 11) is 0. The smallest absolute Gasteiger partial charge is 0.320 e.